The van der Waals surface area contributed by atoms with Crippen LogP contribution in [-0.4, -0.2) is 43.2 Å². The Morgan fingerprint density at radius 2 is 1.85 bits per heavy atom. The van der Waals surface area contributed by atoms with Gasteiger partial charge in [0.1, 0.15) is 17.6 Å². The van der Waals surface area contributed by atoms with Gasteiger partial charge in [-0.1, -0.05) is 6.07 Å². The molecule has 3 amide bonds. The highest BCUT2D eigenvalue weighted by molar-refractivity contribution is 6.05. The molecule has 0 saturated carbocycles. The highest BCUT2D eigenvalue weighted by atomic mass is 19.4. The standard InChI is InChI=1S/C23H18F3N5O3/c1-30-11-16(28-20(30)13-3-6-18(27-9-13)23(24,25)26)12-2-4-15-14(8-12)10-31(22(15)34)17-5-7-19(32)29-21(17)33/h2-4,6,8-9,11,17H,5,7,10H2,1H3,(H,29,32,33). The molecule has 1 N–H and O–H groups in total. The third-order valence-electron chi connectivity index (χ3n) is 6.01. The first-order valence-electron chi connectivity index (χ1n) is 10.5. The Morgan fingerprint density at radius 1 is 1.09 bits per heavy atom. The maximum absolute atomic E-state index is 12.9. The predicted molar refractivity (Wildman–Crippen MR) is 113 cm³/mol. The predicted octanol–water partition coefficient (Wildman–Crippen LogP) is 2.93. The third kappa shape index (κ3) is 3.72. The molecule has 1 fully saturated rings. The number of halogens is 3. The fraction of sp³-hybridized carbons (Fsp3) is 0.261. The summed E-state index contributed by atoms with van der Waals surface area (Å²) in [6.07, 6.45) is -1.19. The Balaban J connectivity index is 1.41. The molecule has 34 heavy (non-hydrogen) atoms. The summed E-state index contributed by atoms with van der Waals surface area (Å²) in [7, 11) is 1.73. The molecule has 0 spiro atoms. The van der Waals surface area contributed by atoms with Gasteiger partial charge in [-0.25, -0.2) is 4.98 Å². The van der Waals surface area contributed by atoms with E-state index in [2.05, 4.69) is 15.3 Å². The number of piperidine rings is 1. The lowest BCUT2D eigenvalue weighted by Gasteiger charge is -2.29. The van der Waals surface area contributed by atoms with Crippen molar-refractivity contribution < 1.29 is 27.6 Å². The third-order valence-corrected chi connectivity index (χ3v) is 6.01. The van der Waals surface area contributed by atoms with Gasteiger partial charge in [-0.15, -0.1) is 0 Å². The van der Waals surface area contributed by atoms with Gasteiger partial charge in [-0.05, 0) is 36.2 Å². The number of aromatic nitrogens is 3. The summed E-state index contributed by atoms with van der Waals surface area (Å²) in [5.74, 6) is -0.648. The van der Waals surface area contributed by atoms with E-state index in [4.69, 9.17) is 0 Å². The van der Waals surface area contributed by atoms with Gasteiger partial charge in [0, 0.05) is 49.1 Å². The molecule has 2 aliphatic heterocycles. The van der Waals surface area contributed by atoms with Crippen molar-refractivity contribution in [3.05, 3.63) is 59.5 Å². The number of carbonyl (C=O) groups excluding carboxylic acids is 3. The molecule has 1 unspecified atom stereocenters. The van der Waals surface area contributed by atoms with Crippen molar-refractivity contribution in [1.29, 1.82) is 0 Å². The summed E-state index contributed by atoms with van der Waals surface area (Å²) in [5, 5.41) is 2.28. The summed E-state index contributed by atoms with van der Waals surface area (Å²) in [6, 6.07) is 6.76. The topological polar surface area (TPSA) is 97.2 Å². The minimum Gasteiger partial charge on any atom is -0.333 e. The van der Waals surface area contributed by atoms with E-state index in [1.807, 2.05) is 6.07 Å². The van der Waals surface area contributed by atoms with Crippen LogP contribution in [0, 0.1) is 0 Å². The number of hydrogen-bond acceptors (Lipinski definition) is 5. The van der Waals surface area contributed by atoms with Crippen molar-refractivity contribution >= 4 is 17.7 Å². The number of nitrogens with one attached hydrogen (secondary N) is 1. The Hall–Kier alpha value is -4.02. The molecular formula is C23H18F3N5O3. The zero-order chi connectivity index (χ0) is 24.2. The molecule has 1 aromatic carbocycles. The van der Waals surface area contributed by atoms with Gasteiger partial charge in [0.25, 0.3) is 5.91 Å². The van der Waals surface area contributed by atoms with Crippen LogP contribution in [0.25, 0.3) is 22.6 Å². The number of imidazole rings is 1. The fourth-order valence-electron chi connectivity index (χ4n) is 4.30. The second kappa shape index (κ2) is 7.79. The molecular weight excluding hydrogens is 451 g/mol. The Morgan fingerprint density at radius 3 is 2.53 bits per heavy atom. The maximum Gasteiger partial charge on any atom is 0.433 e. The molecule has 3 aromatic rings. The summed E-state index contributed by atoms with van der Waals surface area (Å²) < 4.78 is 40.1. The minimum absolute atomic E-state index is 0.178. The van der Waals surface area contributed by atoms with Crippen molar-refractivity contribution in [2.24, 2.45) is 7.05 Å². The quantitative estimate of drug-likeness (QED) is 0.595. The molecule has 1 atom stereocenters. The number of carbonyl (C=O) groups is 3. The van der Waals surface area contributed by atoms with Crippen molar-refractivity contribution in [3.63, 3.8) is 0 Å². The van der Waals surface area contributed by atoms with E-state index in [9.17, 15) is 27.6 Å². The van der Waals surface area contributed by atoms with Gasteiger partial charge < -0.3 is 9.47 Å². The number of nitrogens with zero attached hydrogens (tertiary/aromatic N) is 4. The molecule has 174 valence electrons. The largest absolute Gasteiger partial charge is 0.433 e. The number of benzene rings is 1. The van der Waals surface area contributed by atoms with Crippen molar-refractivity contribution in [2.45, 2.75) is 31.6 Å². The van der Waals surface area contributed by atoms with Gasteiger partial charge in [-0.2, -0.15) is 13.2 Å². The maximum atomic E-state index is 12.9. The Bertz CT molecular complexity index is 1330. The SMILES string of the molecule is Cn1cc(-c2ccc3c(c2)CN(C2CCC(=O)NC2=O)C3=O)nc1-c1ccc(C(F)(F)F)nc1. The highest BCUT2D eigenvalue weighted by Gasteiger charge is 2.39. The van der Waals surface area contributed by atoms with E-state index in [-0.39, 0.29) is 31.2 Å². The first-order valence-corrected chi connectivity index (χ1v) is 10.5. The molecule has 0 bridgehead atoms. The van der Waals surface area contributed by atoms with Crippen LogP contribution in [-0.2, 0) is 29.4 Å². The average Bonchev–Trinajstić information content (AvgIpc) is 3.33. The van der Waals surface area contributed by atoms with Crippen LogP contribution in [0.1, 0.15) is 34.5 Å². The van der Waals surface area contributed by atoms with Crippen LogP contribution in [0.15, 0.2) is 42.7 Å². The number of alkyl halides is 3. The number of imide groups is 1. The van der Waals surface area contributed by atoms with Crippen LogP contribution in [0.4, 0.5) is 13.2 Å². The van der Waals surface area contributed by atoms with E-state index >= 15 is 0 Å². The normalized spacial score (nSPS) is 18.3. The van der Waals surface area contributed by atoms with Crippen molar-refractivity contribution in [3.8, 4) is 22.6 Å². The molecule has 0 aliphatic carbocycles. The van der Waals surface area contributed by atoms with Gasteiger partial charge in [0.15, 0.2) is 0 Å². The molecule has 11 heteroatoms. The molecule has 8 nitrogen and oxygen atoms in total. The van der Waals surface area contributed by atoms with Gasteiger partial charge in [-0.3, -0.25) is 24.7 Å². The lowest BCUT2D eigenvalue weighted by atomic mass is 10.0. The van der Waals surface area contributed by atoms with Crippen LogP contribution < -0.4 is 5.32 Å². The number of aryl methyl sites for hydroxylation is 1. The van der Waals surface area contributed by atoms with Crippen LogP contribution in [0.3, 0.4) is 0 Å². The van der Waals surface area contributed by atoms with E-state index in [0.29, 0.717) is 22.6 Å². The molecule has 1 saturated heterocycles. The summed E-state index contributed by atoms with van der Waals surface area (Å²) in [4.78, 5) is 46.0. The number of pyridine rings is 1. The zero-order valence-electron chi connectivity index (χ0n) is 17.9. The summed E-state index contributed by atoms with van der Waals surface area (Å²) in [6.45, 7) is 0.233. The van der Waals surface area contributed by atoms with Crippen LogP contribution in [0.2, 0.25) is 0 Å². The Kier molecular flexibility index (Phi) is 4.99. The first-order chi connectivity index (χ1) is 16.1. The van der Waals surface area contributed by atoms with Gasteiger partial charge in [0.2, 0.25) is 11.8 Å². The number of amides is 3. The average molecular weight is 469 g/mol. The van der Waals surface area contributed by atoms with Crippen molar-refractivity contribution in [1.82, 2.24) is 24.8 Å². The lowest BCUT2D eigenvalue weighted by molar-refractivity contribution is -0.141. The molecule has 2 aromatic heterocycles. The van der Waals surface area contributed by atoms with E-state index in [1.165, 1.54) is 11.0 Å². The Labute approximate surface area is 191 Å². The van der Waals surface area contributed by atoms with Crippen molar-refractivity contribution in [2.75, 3.05) is 0 Å². The zero-order valence-corrected chi connectivity index (χ0v) is 17.9. The van der Waals surface area contributed by atoms with Crippen LogP contribution in [0.5, 0.6) is 0 Å². The van der Waals surface area contributed by atoms with Gasteiger partial charge >= 0.3 is 6.18 Å². The molecule has 0 radical (unpaired) electrons. The molecule has 4 heterocycles. The van der Waals surface area contributed by atoms with Crippen LogP contribution >= 0.6 is 0 Å². The minimum atomic E-state index is -4.52. The number of rotatable bonds is 3. The second-order valence-electron chi connectivity index (χ2n) is 8.26. The first kappa shape index (κ1) is 21.8. The monoisotopic (exact) mass is 469 g/mol. The van der Waals surface area contributed by atoms with E-state index in [0.717, 1.165) is 23.4 Å². The summed E-state index contributed by atoms with van der Waals surface area (Å²) in [5.41, 5.74) is 1.97. The number of fused-ring (bicyclic) bond motifs is 1. The fourth-order valence-corrected chi connectivity index (χ4v) is 4.30. The number of hydrogen-bond donors (Lipinski definition) is 1. The smallest absolute Gasteiger partial charge is 0.333 e. The van der Waals surface area contributed by atoms with Gasteiger partial charge in [0.05, 0.1) is 5.69 Å². The molecule has 2 aliphatic rings. The second-order valence-corrected chi connectivity index (χ2v) is 8.26. The lowest BCUT2D eigenvalue weighted by Crippen LogP contribution is -2.52. The highest BCUT2D eigenvalue weighted by Crippen LogP contribution is 2.33. The summed E-state index contributed by atoms with van der Waals surface area (Å²) >= 11 is 0. The van der Waals surface area contributed by atoms with E-state index < -0.39 is 23.8 Å². The molecule has 5 rings (SSSR count). The van der Waals surface area contributed by atoms with E-state index in [1.54, 1.807) is 29.9 Å².